The lowest BCUT2D eigenvalue weighted by atomic mass is 10.1. The highest BCUT2D eigenvalue weighted by Gasteiger charge is 2.29. The Labute approximate surface area is 172 Å². The minimum Gasteiger partial charge on any atom is -0.493 e. The first-order chi connectivity index (χ1) is 14.4. The molecule has 0 radical (unpaired) electrons. The molecule has 3 rings (SSSR count). The van der Waals surface area contributed by atoms with Gasteiger partial charge in [0.2, 0.25) is 5.91 Å². The normalized spacial score (nSPS) is 16.5. The zero-order valence-corrected chi connectivity index (χ0v) is 16.4. The Bertz CT molecular complexity index is 923. The van der Waals surface area contributed by atoms with Crippen LogP contribution in [0.25, 0.3) is 0 Å². The number of amides is 2. The van der Waals surface area contributed by atoms with Gasteiger partial charge >= 0.3 is 6.61 Å². The molecule has 3 N–H and O–H groups in total. The highest BCUT2D eigenvalue weighted by Crippen LogP contribution is 2.30. The van der Waals surface area contributed by atoms with Gasteiger partial charge in [-0.2, -0.15) is 8.78 Å². The Balaban J connectivity index is 1.78. The molecule has 1 saturated heterocycles. The number of benzene rings is 2. The number of carbonyl (C=O) groups excluding carboxylic acids is 2. The number of likely N-dealkylation sites (tertiary alicyclic amines) is 1. The predicted octanol–water partition coefficient (Wildman–Crippen LogP) is 3.00. The van der Waals surface area contributed by atoms with E-state index in [1.165, 1.54) is 25.3 Å². The predicted molar refractivity (Wildman–Crippen MR) is 107 cm³/mol. The van der Waals surface area contributed by atoms with Crippen LogP contribution in [0.2, 0.25) is 0 Å². The van der Waals surface area contributed by atoms with Crippen LogP contribution in [0.5, 0.6) is 11.5 Å². The average molecular weight is 419 g/mol. The lowest BCUT2D eigenvalue weighted by molar-refractivity contribution is -0.122. The molecule has 2 amide bonds. The summed E-state index contributed by atoms with van der Waals surface area (Å²) in [4.78, 5) is 26.4. The molecule has 0 bridgehead atoms. The molecule has 1 fully saturated rings. The Morgan fingerprint density at radius 3 is 2.70 bits per heavy atom. The minimum absolute atomic E-state index is 0.0961. The lowest BCUT2D eigenvalue weighted by Crippen LogP contribution is -2.39. The Morgan fingerprint density at radius 1 is 1.23 bits per heavy atom. The maximum Gasteiger partial charge on any atom is 0.387 e. The number of hydrogen-bond acceptors (Lipinski definition) is 5. The fourth-order valence-corrected chi connectivity index (χ4v) is 3.54. The Hall–Kier alpha value is -3.20. The summed E-state index contributed by atoms with van der Waals surface area (Å²) in [5, 5.41) is 2.80. The molecule has 7 nitrogen and oxygen atoms in total. The third kappa shape index (κ3) is 5.04. The summed E-state index contributed by atoms with van der Waals surface area (Å²) in [6.07, 6.45) is 1.59. The van der Waals surface area contributed by atoms with Crippen LogP contribution < -0.4 is 20.5 Å². The monoisotopic (exact) mass is 419 g/mol. The molecule has 0 spiro atoms. The zero-order valence-electron chi connectivity index (χ0n) is 16.4. The number of carbonyl (C=O) groups is 2. The van der Waals surface area contributed by atoms with Gasteiger partial charge in [0.1, 0.15) is 0 Å². The highest BCUT2D eigenvalue weighted by atomic mass is 19.3. The van der Waals surface area contributed by atoms with E-state index in [9.17, 15) is 18.4 Å². The van der Waals surface area contributed by atoms with Gasteiger partial charge in [0.15, 0.2) is 11.5 Å². The maximum atomic E-state index is 12.7. The largest absolute Gasteiger partial charge is 0.493 e. The van der Waals surface area contributed by atoms with Gasteiger partial charge in [-0.05, 0) is 49.2 Å². The van der Waals surface area contributed by atoms with Crippen LogP contribution in [-0.2, 0) is 11.3 Å². The van der Waals surface area contributed by atoms with E-state index < -0.39 is 12.5 Å². The average Bonchev–Trinajstić information content (AvgIpc) is 3.17. The molecule has 1 heterocycles. The van der Waals surface area contributed by atoms with E-state index in [0.717, 1.165) is 18.5 Å². The number of primary amides is 1. The summed E-state index contributed by atoms with van der Waals surface area (Å²) in [5.41, 5.74) is 7.00. The van der Waals surface area contributed by atoms with Crippen LogP contribution in [0.15, 0.2) is 42.5 Å². The molecule has 1 aliphatic heterocycles. The van der Waals surface area contributed by atoms with Gasteiger partial charge in [-0.15, -0.1) is 0 Å². The van der Waals surface area contributed by atoms with Crippen molar-refractivity contribution in [2.24, 2.45) is 5.73 Å². The Kier molecular flexibility index (Phi) is 6.83. The quantitative estimate of drug-likeness (QED) is 0.686. The second-order valence-corrected chi connectivity index (χ2v) is 6.89. The van der Waals surface area contributed by atoms with Crippen LogP contribution in [0.4, 0.5) is 14.5 Å². The van der Waals surface area contributed by atoms with Crippen molar-refractivity contribution >= 4 is 17.5 Å². The number of nitrogens with one attached hydrogen (secondary N) is 1. The van der Waals surface area contributed by atoms with Gasteiger partial charge in [-0.3, -0.25) is 14.5 Å². The molecule has 30 heavy (non-hydrogen) atoms. The van der Waals surface area contributed by atoms with E-state index in [2.05, 4.69) is 10.1 Å². The molecule has 9 heteroatoms. The summed E-state index contributed by atoms with van der Waals surface area (Å²) in [6.45, 7) is -1.86. The van der Waals surface area contributed by atoms with Crippen molar-refractivity contribution in [3.05, 3.63) is 53.6 Å². The number of alkyl halides is 2. The third-order valence-electron chi connectivity index (χ3n) is 4.97. The van der Waals surface area contributed by atoms with E-state index in [-0.39, 0.29) is 29.0 Å². The standard InChI is InChI=1S/C21H23F2N3O4/c1-29-17-9-8-13(11-18(17)30-21(22)23)20(28)25-15-6-3-2-5-14(15)12-26-10-4-7-16(26)19(24)27/h2-3,5-6,8-9,11,16,21H,4,7,10,12H2,1H3,(H2,24,27)(H,25,28). The number of hydrogen-bond donors (Lipinski definition) is 2. The summed E-state index contributed by atoms with van der Waals surface area (Å²) in [5.74, 6) is -0.982. The van der Waals surface area contributed by atoms with Crippen LogP contribution >= 0.6 is 0 Å². The first-order valence-corrected chi connectivity index (χ1v) is 9.44. The topological polar surface area (TPSA) is 93.9 Å². The van der Waals surface area contributed by atoms with E-state index >= 15 is 0 Å². The number of anilines is 1. The number of rotatable bonds is 8. The number of nitrogens with zero attached hydrogens (tertiary/aromatic N) is 1. The second-order valence-electron chi connectivity index (χ2n) is 6.89. The van der Waals surface area contributed by atoms with Gasteiger partial charge in [0.05, 0.1) is 13.2 Å². The van der Waals surface area contributed by atoms with Gasteiger partial charge in [0.25, 0.3) is 5.91 Å². The molecule has 1 aliphatic rings. The van der Waals surface area contributed by atoms with Crippen molar-refractivity contribution in [1.29, 1.82) is 0 Å². The SMILES string of the molecule is COc1ccc(C(=O)Nc2ccccc2CN2CCCC2C(N)=O)cc1OC(F)F. The summed E-state index contributed by atoms with van der Waals surface area (Å²) in [6, 6.07) is 10.9. The Morgan fingerprint density at radius 2 is 2.00 bits per heavy atom. The van der Waals surface area contributed by atoms with E-state index in [1.54, 1.807) is 12.1 Å². The van der Waals surface area contributed by atoms with Crippen molar-refractivity contribution < 1.29 is 27.8 Å². The van der Waals surface area contributed by atoms with Crippen molar-refractivity contribution in [3.8, 4) is 11.5 Å². The van der Waals surface area contributed by atoms with Crippen LogP contribution in [0, 0.1) is 0 Å². The number of nitrogens with two attached hydrogens (primary N) is 1. The van der Waals surface area contributed by atoms with Gasteiger partial charge in [-0.25, -0.2) is 0 Å². The summed E-state index contributed by atoms with van der Waals surface area (Å²) in [7, 11) is 1.32. The van der Waals surface area contributed by atoms with Crippen molar-refractivity contribution in [2.75, 3.05) is 19.0 Å². The van der Waals surface area contributed by atoms with Gasteiger partial charge in [-0.1, -0.05) is 18.2 Å². The zero-order chi connectivity index (χ0) is 21.7. The molecule has 1 atom stereocenters. The number of ether oxygens (including phenoxy) is 2. The van der Waals surface area contributed by atoms with Crippen molar-refractivity contribution in [2.45, 2.75) is 32.0 Å². The molecule has 160 valence electrons. The van der Waals surface area contributed by atoms with E-state index in [4.69, 9.17) is 10.5 Å². The number of para-hydroxylation sites is 1. The second kappa shape index (κ2) is 9.53. The van der Waals surface area contributed by atoms with Crippen molar-refractivity contribution in [1.82, 2.24) is 4.90 Å². The highest BCUT2D eigenvalue weighted by molar-refractivity contribution is 6.05. The third-order valence-corrected chi connectivity index (χ3v) is 4.97. The minimum atomic E-state index is -3.04. The fraction of sp³-hybridized carbons (Fsp3) is 0.333. The van der Waals surface area contributed by atoms with Crippen LogP contribution in [-0.4, -0.2) is 43.0 Å². The summed E-state index contributed by atoms with van der Waals surface area (Å²) >= 11 is 0. The van der Waals surface area contributed by atoms with Gasteiger partial charge < -0.3 is 20.5 Å². The van der Waals surface area contributed by atoms with E-state index in [0.29, 0.717) is 18.7 Å². The maximum absolute atomic E-state index is 12.7. The lowest BCUT2D eigenvalue weighted by Gasteiger charge is -2.23. The fourth-order valence-electron chi connectivity index (χ4n) is 3.54. The van der Waals surface area contributed by atoms with Crippen LogP contribution in [0.1, 0.15) is 28.8 Å². The van der Waals surface area contributed by atoms with Gasteiger partial charge in [0, 0.05) is 17.8 Å². The molecule has 1 unspecified atom stereocenters. The molecule has 0 aliphatic carbocycles. The van der Waals surface area contributed by atoms with E-state index in [1.807, 2.05) is 17.0 Å². The first-order valence-electron chi connectivity index (χ1n) is 9.44. The first kappa shape index (κ1) is 21.5. The molecule has 0 aromatic heterocycles. The molecule has 2 aromatic carbocycles. The molecular formula is C21H23F2N3O4. The van der Waals surface area contributed by atoms with Crippen molar-refractivity contribution in [3.63, 3.8) is 0 Å². The smallest absolute Gasteiger partial charge is 0.387 e. The summed E-state index contributed by atoms with van der Waals surface area (Å²) < 4.78 is 34.7. The number of halogens is 2. The molecular weight excluding hydrogens is 396 g/mol. The van der Waals surface area contributed by atoms with Crippen LogP contribution in [0.3, 0.4) is 0 Å². The molecule has 0 saturated carbocycles. The molecule has 2 aromatic rings. The number of methoxy groups -OCH3 is 1.